The Labute approximate surface area is 532 Å². The van der Waals surface area contributed by atoms with Gasteiger partial charge in [-0.05, 0) is 198 Å². The van der Waals surface area contributed by atoms with E-state index in [4.69, 9.17) is 22.0 Å². The number of anilines is 7. The average Bonchev–Trinajstić information content (AvgIpc) is 2.51. The minimum Gasteiger partial charge on any atom is -0.427 e. The van der Waals surface area contributed by atoms with E-state index >= 15 is 0 Å². The number of nitrogens with zero attached hydrogens (tertiary/aromatic N) is 3. The van der Waals surface area contributed by atoms with E-state index in [1.54, 1.807) is 88.8 Å². The van der Waals surface area contributed by atoms with Crippen LogP contribution in [0.1, 0.15) is 65.1 Å². The fourth-order valence-electron chi connectivity index (χ4n) is 7.36. The predicted molar refractivity (Wildman–Crippen MR) is 355 cm³/mol. The number of carbonyl (C=O) groups is 2. The zero-order valence-corrected chi connectivity index (χ0v) is 52.9. The van der Waals surface area contributed by atoms with Gasteiger partial charge in [0.25, 0.3) is 11.8 Å². The molecule has 3 heterocycles. The lowest BCUT2D eigenvalue weighted by atomic mass is 9.82. The van der Waals surface area contributed by atoms with Crippen LogP contribution in [0.3, 0.4) is 0 Å². The number of amides is 2. The summed E-state index contributed by atoms with van der Waals surface area (Å²) in [6.07, 6.45) is 5.14. The highest BCUT2D eigenvalue weighted by atomic mass is 79.9. The highest BCUT2D eigenvalue weighted by Gasteiger charge is 2.35. The summed E-state index contributed by atoms with van der Waals surface area (Å²) in [4.78, 5) is 36.5. The number of hydrogen-bond acceptors (Lipinski definition) is 10. The highest BCUT2D eigenvalue weighted by molar-refractivity contribution is 9.10. The van der Waals surface area contributed by atoms with Gasteiger partial charge in [0, 0.05) is 56.0 Å². The number of carbonyl (C=O) groups excluding carboxylic acids is 2. The molecule has 0 spiro atoms. The Morgan fingerprint density at radius 1 is 0.523 bits per heavy atom. The average molecular weight is 1340 g/mol. The maximum absolute atomic E-state index is 13.8. The standard InChI is InChI=1S/C25H19F2N3O.C19H21BF2NO3.C12H11BrN2.C7H8BrN.C5H4ClN/c1-16-8-11-19(29-23-7-2-3-14-28-23)15-20(16)17-9-12-18(13-10-17)30-25(31)24-21(26)5-4-6-22(24)27;1-18(2,25)19(3,4)26-20-12-8-10-13(11-9-12)23-17(24)16-14(21)6-5-7-15(16)22;1-9-5-6-10(8-11(9)13)15-12-4-2-3-7-14-12;1-5-2-3-6(9)4-7(5)8;6-5-3-1-2-4-7-5/h2-15H,1H3,(H,28,29)(H,30,31);5-11,25H,1-4H3,(H,23,24);2-8H,1H3,(H,14,15);2-4H,9H2,1H3;1-4H. The third-order valence-electron chi connectivity index (χ3n) is 13.1. The summed E-state index contributed by atoms with van der Waals surface area (Å²) < 4.78 is 62.7. The molecule has 0 unspecified atom stereocenters. The van der Waals surface area contributed by atoms with Gasteiger partial charge in [-0.1, -0.05) is 122 Å². The largest absolute Gasteiger partial charge is 0.427 e. The molecule has 0 atom stereocenters. The van der Waals surface area contributed by atoms with E-state index in [-0.39, 0.29) is 0 Å². The molecule has 451 valence electrons. The van der Waals surface area contributed by atoms with Crippen molar-refractivity contribution in [3.05, 3.63) is 278 Å². The van der Waals surface area contributed by atoms with E-state index in [1.807, 2.05) is 123 Å². The summed E-state index contributed by atoms with van der Waals surface area (Å²) in [5.74, 6) is -3.74. The first-order valence-electron chi connectivity index (χ1n) is 27.1. The maximum Gasteiger partial charge on any atom is 0.330 e. The molecule has 7 aromatic carbocycles. The molecule has 10 rings (SSSR count). The first kappa shape index (κ1) is 68.4. The molecule has 0 aliphatic heterocycles. The van der Waals surface area contributed by atoms with Crippen molar-refractivity contribution in [2.75, 3.05) is 27.0 Å². The number of aromatic nitrogens is 3. The van der Waals surface area contributed by atoms with Crippen molar-refractivity contribution in [2.45, 2.75) is 59.7 Å². The van der Waals surface area contributed by atoms with Gasteiger partial charge in [0.1, 0.15) is 51.2 Å². The molecule has 2 amide bonds. The molecule has 88 heavy (non-hydrogen) atoms. The third kappa shape index (κ3) is 21.3. The summed E-state index contributed by atoms with van der Waals surface area (Å²) in [5.41, 5.74) is 12.2. The fourth-order valence-corrected chi connectivity index (χ4v) is 8.26. The minimum absolute atomic E-state index is 0.386. The van der Waals surface area contributed by atoms with Crippen molar-refractivity contribution in [3.63, 3.8) is 0 Å². The molecule has 3 aromatic heterocycles. The van der Waals surface area contributed by atoms with Crippen molar-refractivity contribution in [2.24, 2.45) is 0 Å². The van der Waals surface area contributed by atoms with Crippen molar-refractivity contribution in [3.8, 4) is 11.1 Å². The molecule has 0 saturated carbocycles. The number of nitrogens with two attached hydrogens (primary N) is 1. The molecule has 20 heteroatoms. The molecular formula is C68H63BBr2ClF4N8O4. The van der Waals surface area contributed by atoms with Crippen LogP contribution < -0.4 is 32.5 Å². The van der Waals surface area contributed by atoms with E-state index in [2.05, 4.69) is 81.1 Å². The lowest BCUT2D eigenvalue weighted by Crippen LogP contribution is -2.49. The van der Waals surface area contributed by atoms with Gasteiger partial charge < -0.3 is 36.8 Å². The van der Waals surface area contributed by atoms with E-state index in [1.165, 1.54) is 30.7 Å². The summed E-state index contributed by atoms with van der Waals surface area (Å²) in [5, 5.41) is 22.1. The van der Waals surface area contributed by atoms with E-state index in [0.29, 0.717) is 22.0 Å². The van der Waals surface area contributed by atoms with Gasteiger partial charge in [0.15, 0.2) is 0 Å². The lowest BCUT2D eigenvalue weighted by molar-refractivity contribution is -0.0893. The molecule has 0 saturated heterocycles. The molecule has 0 fully saturated rings. The third-order valence-corrected chi connectivity index (χ3v) is 15.0. The van der Waals surface area contributed by atoms with Crippen LogP contribution in [0.25, 0.3) is 11.1 Å². The summed E-state index contributed by atoms with van der Waals surface area (Å²) in [6, 6.07) is 55.0. The normalized spacial score (nSPS) is 10.6. The minimum atomic E-state index is -1.04. The molecule has 0 aliphatic rings. The van der Waals surface area contributed by atoms with Gasteiger partial charge in [0.2, 0.25) is 0 Å². The molecule has 0 bridgehead atoms. The van der Waals surface area contributed by atoms with Gasteiger partial charge in [-0.15, -0.1) is 0 Å². The Morgan fingerprint density at radius 2 is 0.943 bits per heavy atom. The number of aryl methyl sites for hydroxylation is 3. The van der Waals surface area contributed by atoms with Crippen LogP contribution >= 0.6 is 43.5 Å². The van der Waals surface area contributed by atoms with Crippen LogP contribution in [0, 0.1) is 44.0 Å². The molecule has 0 aliphatic carbocycles. The Bertz CT molecular complexity index is 3860. The number of aliphatic hydroxyl groups is 1. The van der Waals surface area contributed by atoms with Gasteiger partial charge in [0.05, 0.1) is 11.2 Å². The van der Waals surface area contributed by atoms with Crippen LogP contribution in [-0.4, -0.2) is 50.6 Å². The Kier molecular flexibility index (Phi) is 25.5. The van der Waals surface area contributed by atoms with Crippen LogP contribution in [0.4, 0.5) is 57.6 Å². The first-order chi connectivity index (χ1) is 41.9. The summed E-state index contributed by atoms with van der Waals surface area (Å²) in [6.45, 7) is 12.9. The van der Waals surface area contributed by atoms with Crippen molar-refractivity contribution >= 4 is 108 Å². The van der Waals surface area contributed by atoms with Gasteiger partial charge >= 0.3 is 7.48 Å². The topological polar surface area (TPSA) is 176 Å². The number of rotatable bonds is 13. The molecule has 7 N–H and O–H groups in total. The van der Waals surface area contributed by atoms with E-state index < -0.39 is 57.4 Å². The van der Waals surface area contributed by atoms with Crippen LogP contribution in [-0.2, 0) is 4.65 Å². The van der Waals surface area contributed by atoms with Crippen LogP contribution in [0.15, 0.2) is 222 Å². The smallest absolute Gasteiger partial charge is 0.330 e. The van der Waals surface area contributed by atoms with Crippen molar-refractivity contribution < 1.29 is 36.9 Å². The number of pyridine rings is 3. The van der Waals surface area contributed by atoms with Crippen LogP contribution in [0.2, 0.25) is 5.15 Å². The lowest BCUT2D eigenvalue weighted by Gasteiger charge is -2.37. The van der Waals surface area contributed by atoms with Crippen molar-refractivity contribution in [1.29, 1.82) is 0 Å². The molecule has 10 aromatic rings. The van der Waals surface area contributed by atoms with E-state index in [0.717, 1.165) is 78.6 Å². The number of nitrogens with one attached hydrogen (secondary N) is 4. The maximum atomic E-state index is 13.8. The summed E-state index contributed by atoms with van der Waals surface area (Å²) >= 11 is 12.3. The second-order valence-electron chi connectivity index (χ2n) is 20.4. The molecule has 12 nitrogen and oxygen atoms in total. The van der Waals surface area contributed by atoms with Crippen molar-refractivity contribution in [1.82, 2.24) is 15.0 Å². The number of halogens is 7. The molecular weight excluding hydrogens is 1270 g/mol. The Balaban J connectivity index is 0.000000193. The van der Waals surface area contributed by atoms with Gasteiger partial charge in [-0.25, -0.2) is 32.5 Å². The van der Waals surface area contributed by atoms with Gasteiger partial charge in [-0.3, -0.25) is 9.59 Å². The van der Waals surface area contributed by atoms with Gasteiger partial charge in [-0.2, -0.15) is 0 Å². The second kappa shape index (κ2) is 32.9. The summed E-state index contributed by atoms with van der Waals surface area (Å²) in [7, 11) is 1.50. The fraction of sp³-hybridized carbons (Fsp3) is 0.132. The quantitative estimate of drug-likeness (QED) is 0.0282. The zero-order chi connectivity index (χ0) is 64.0. The number of hydrogen-bond donors (Lipinski definition) is 6. The zero-order valence-electron chi connectivity index (χ0n) is 49.0. The monoisotopic (exact) mass is 1340 g/mol. The highest BCUT2D eigenvalue weighted by Crippen LogP contribution is 2.30. The first-order valence-corrected chi connectivity index (χ1v) is 29.1. The number of nitrogen functional groups attached to an aromatic ring is 1. The second-order valence-corrected chi connectivity index (χ2v) is 22.5. The predicted octanol–water partition coefficient (Wildman–Crippen LogP) is 17.3. The number of benzene rings is 7. The Hall–Kier alpha value is -8.72. The Morgan fingerprint density at radius 3 is 1.34 bits per heavy atom. The van der Waals surface area contributed by atoms with E-state index in [9.17, 15) is 32.3 Å². The SMILES string of the molecule is CC(C)(O)C(C)(C)O[B]c1ccc(NC(=O)c2c(F)cccc2F)cc1.Cc1ccc(N)cc1Br.Cc1ccc(Nc2ccccn2)cc1-c1ccc(NC(=O)c2c(F)cccc2F)cc1.Cc1ccc(Nc2ccccn2)cc1Br.Clc1ccccn1. The molecule has 1 radical (unpaired) electrons. The van der Waals surface area contributed by atoms with Crippen LogP contribution in [0.5, 0.6) is 0 Å².